The minimum Gasteiger partial charge on any atom is -0.361 e. The van der Waals surface area contributed by atoms with E-state index >= 15 is 0 Å². The highest BCUT2D eigenvalue weighted by Gasteiger charge is 2.37. The van der Waals surface area contributed by atoms with Crippen LogP contribution in [-0.4, -0.2) is 53.4 Å². The molecule has 0 unspecified atom stereocenters. The van der Waals surface area contributed by atoms with Gasteiger partial charge in [0.2, 0.25) is 5.91 Å². The highest BCUT2D eigenvalue weighted by molar-refractivity contribution is 6.00. The molecule has 2 heterocycles. The highest BCUT2D eigenvalue weighted by atomic mass is 16.2. The average Bonchev–Trinajstić information content (AvgIpc) is 3.08. The maximum Gasteiger partial charge on any atom is 0.230 e. The normalized spacial score (nSPS) is 22.2. The largest absolute Gasteiger partial charge is 0.361 e. The van der Waals surface area contributed by atoms with Gasteiger partial charge in [-0.1, -0.05) is 32.1 Å². The molecular formula is C22H29N3O. The first-order valence-electron chi connectivity index (χ1n) is 9.85. The number of likely N-dealkylation sites (N-methyl/N-ethyl adjacent to an activating group) is 1. The van der Waals surface area contributed by atoms with Crippen LogP contribution < -0.4 is 0 Å². The van der Waals surface area contributed by atoms with E-state index < -0.39 is 0 Å². The Morgan fingerprint density at radius 2 is 2.15 bits per heavy atom. The Kier molecular flexibility index (Phi) is 4.39. The predicted octanol–water partition coefficient (Wildman–Crippen LogP) is 3.60. The minimum atomic E-state index is -0.0467. The molecule has 4 nitrogen and oxygen atoms in total. The summed E-state index contributed by atoms with van der Waals surface area (Å²) < 4.78 is 0. The molecule has 2 atom stereocenters. The van der Waals surface area contributed by atoms with Gasteiger partial charge < -0.3 is 9.88 Å². The molecule has 26 heavy (non-hydrogen) atoms. The number of aromatic amines is 1. The topological polar surface area (TPSA) is 39.3 Å². The maximum atomic E-state index is 13.0. The van der Waals surface area contributed by atoms with E-state index in [1.165, 1.54) is 33.2 Å². The summed E-state index contributed by atoms with van der Waals surface area (Å²) >= 11 is 0. The summed E-state index contributed by atoms with van der Waals surface area (Å²) in [6.45, 7) is 9.10. The summed E-state index contributed by atoms with van der Waals surface area (Å²) in [5, 5.41) is 1.36. The van der Waals surface area contributed by atoms with Crippen molar-refractivity contribution >= 4 is 22.4 Å². The molecule has 0 spiro atoms. The van der Waals surface area contributed by atoms with E-state index in [0.717, 1.165) is 32.5 Å². The number of nitrogens with zero attached hydrogens (tertiary/aromatic N) is 2. The first-order valence-corrected chi connectivity index (χ1v) is 9.85. The number of fused-ring (bicyclic) bond motifs is 2. The van der Waals surface area contributed by atoms with E-state index in [0.29, 0.717) is 6.04 Å². The van der Waals surface area contributed by atoms with Crippen molar-refractivity contribution in [1.29, 1.82) is 0 Å². The van der Waals surface area contributed by atoms with Crippen molar-refractivity contribution in [1.82, 2.24) is 14.8 Å². The molecule has 0 saturated carbocycles. The molecule has 1 aliphatic carbocycles. The van der Waals surface area contributed by atoms with E-state index in [2.05, 4.69) is 55.1 Å². The van der Waals surface area contributed by atoms with E-state index in [9.17, 15) is 4.79 Å². The van der Waals surface area contributed by atoms with Crippen molar-refractivity contribution in [2.24, 2.45) is 5.92 Å². The second-order valence-corrected chi connectivity index (χ2v) is 7.79. The molecule has 0 fully saturated rings. The van der Waals surface area contributed by atoms with Crippen LogP contribution in [0.1, 0.15) is 37.0 Å². The number of H-pyrrole nitrogens is 1. The van der Waals surface area contributed by atoms with Crippen LogP contribution in [-0.2, 0) is 11.2 Å². The number of hydrogen-bond acceptors (Lipinski definition) is 2. The molecule has 1 N–H and O–H groups in total. The Labute approximate surface area is 155 Å². The standard InChI is InChI=1S/C22H29N3O/c1-5-9-24(4)22(26)16-10-18-17-8-7-14(3)21-20(17)15(12-23-21)11-19(18)25(6-2)13-16/h7-8,10,12,16,19,23H,5-6,9,11,13H2,1-4H3/t16-,19-/m1/s1. The molecular weight excluding hydrogens is 322 g/mol. The van der Waals surface area contributed by atoms with Crippen molar-refractivity contribution in [3.05, 3.63) is 41.1 Å². The molecule has 138 valence electrons. The SMILES string of the molecule is CCCN(C)C(=O)[C@@H]1C=C2c3ccc(C)c4[nH]cc(c34)C[C@H]2N(CC)C1. The Balaban J connectivity index is 1.81. The van der Waals surface area contributed by atoms with Gasteiger partial charge in [-0.15, -0.1) is 0 Å². The quantitative estimate of drug-likeness (QED) is 0.914. The first kappa shape index (κ1) is 17.3. The molecule has 1 aliphatic heterocycles. The number of hydrogen-bond donors (Lipinski definition) is 1. The first-order chi connectivity index (χ1) is 12.5. The average molecular weight is 351 g/mol. The van der Waals surface area contributed by atoms with Gasteiger partial charge in [-0.3, -0.25) is 9.69 Å². The third-order valence-corrected chi connectivity index (χ3v) is 6.12. The van der Waals surface area contributed by atoms with E-state index in [4.69, 9.17) is 0 Å². The van der Waals surface area contributed by atoms with Crippen LogP contribution in [0.15, 0.2) is 24.4 Å². The molecule has 2 aromatic rings. The van der Waals surface area contributed by atoms with E-state index in [-0.39, 0.29) is 11.8 Å². The van der Waals surface area contributed by atoms with Gasteiger partial charge in [0, 0.05) is 43.3 Å². The smallest absolute Gasteiger partial charge is 0.230 e. The lowest BCUT2D eigenvalue weighted by molar-refractivity contribution is -0.133. The summed E-state index contributed by atoms with van der Waals surface area (Å²) in [6.07, 6.45) is 6.47. The molecule has 1 aromatic carbocycles. The maximum absolute atomic E-state index is 13.0. The third kappa shape index (κ3) is 2.59. The molecule has 0 bridgehead atoms. The number of amides is 1. The Bertz CT molecular complexity index is 879. The monoisotopic (exact) mass is 351 g/mol. The number of aromatic nitrogens is 1. The number of rotatable bonds is 4. The Hall–Kier alpha value is -2.07. The van der Waals surface area contributed by atoms with Crippen molar-refractivity contribution in [3.63, 3.8) is 0 Å². The minimum absolute atomic E-state index is 0.0467. The van der Waals surface area contributed by atoms with Crippen LogP contribution in [0, 0.1) is 12.8 Å². The van der Waals surface area contributed by atoms with Gasteiger partial charge in [-0.25, -0.2) is 0 Å². The summed E-state index contributed by atoms with van der Waals surface area (Å²) in [5.74, 6) is 0.203. The van der Waals surface area contributed by atoms with Gasteiger partial charge in [-0.2, -0.15) is 0 Å². The van der Waals surface area contributed by atoms with E-state index in [1.807, 2.05) is 11.9 Å². The van der Waals surface area contributed by atoms with Gasteiger partial charge >= 0.3 is 0 Å². The van der Waals surface area contributed by atoms with Crippen LogP contribution in [0.5, 0.6) is 0 Å². The van der Waals surface area contributed by atoms with Crippen LogP contribution in [0.25, 0.3) is 16.5 Å². The van der Waals surface area contributed by atoms with Gasteiger partial charge in [-0.05, 0) is 48.6 Å². The molecule has 1 amide bonds. The molecule has 4 rings (SSSR count). The second-order valence-electron chi connectivity index (χ2n) is 7.79. The number of benzene rings is 1. The fourth-order valence-electron chi connectivity index (χ4n) is 4.76. The lowest BCUT2D eigenvalue weighted by atomic mass is 9.79. The molecule has 0 saturated heterocycles. The van der Waals surface area contributed by atoms with Crippen molar-refractivity contribution in [2.75, 3.05) is 26.7 Å². The van der Waals surface area contributed by atoms with Gasteiger partial charge in [0.15, 0.2) is 0 Å². The van der Waals surface area contributed by atoms with Crippen LogP contribution in [0.3, 0.4) is 0 Å². The zero-order valence-electron chi connectivity index (χ0n) is 16.3. The van der Waals surface area contributed by atoms with Gasteiger partial charge in [0.05, 0.1) is 5.92 Å². The third-order valence-electron chi connectivity index (χ3n) is 6.12. The fraction of sp³-hybridized carbons (Fsp3) is 0.500. The van der Waals surface area contributed by atoms with E-state index in [1.54, 1.807) is 0 Å². The Morgan fingerprint density at radius 3 is 2.88 bits per heavy atom. The summed E-state index contributed by atoms with van der Waals surface area (Å²) in [4.78, 5) is 20.8. The summed E-state index contributed by atoms with van der Waals surface area (Å²) in [5.41, 5.74) is 6.60. The summed E-state index contributed by atoms with van der Waals surface area (Å²) in [7, 11) is 1.93. The Morgan fingerprint density at radius 1 is 1.35 bits per heavy atom. The zero-order valence-corrected chi connectivity index (χ0v) is 16.3. The fourth-order valence-corrected chi connectivity index (χ4v) is 4.76. The van der Waals surface area contributed by atoms with Crippen LogP contribution in [0.4, 0.5) is 0 Å². The second kappa shape index (κ2) is 6.58. The van der Waals surface area contributed by atoms with Gasteiger partial charge in [0.25, 0.3) is 0 Å². The summed E-state index contributed by atoms with van der Waals surface area (Å²) in [6, 6.07) is 4.84. The van der Waals surface area contributed by atoms with Crippen LogP contribution in [0.2, 0.25) is 0 Å². The van der Waals surface area contributed by atoms with Crippen molar-refractivity contribution < 1.29 is 4.79 Å². The van der Waals surface area contributed by atoms with Gasteiger partial charge in [0.1, 0.15) is 0 Å². The molecule has 4 heteroatoms. The number of nitrogens with one attached hydrogen (secondary N) is 1. The predicted molar refractivity (Wildman–Crippen MR) is 107 cm³/mol. The van der Waals surface area contributed by atoms with Crippen molar-refractivity contribution in [2.45, 2.75) is 39.7 Å². The lowest BCUT2D eigenvalue weighted by Gasteiger charge is -2.41. The lowest BCUT2D eigenvalue weighted by Crippen LogP contribution is -2.48. The molecule has 1 aromatic heterocycles. The number of aryl methyl sites for hydroxylation is 1. The number of carbonyl (C=O) groups is 1. The zero-order chi connectivity index (χ0) is 18.4. The molecule has 2 aliphatic rings. The highest BCUT2D eigenvalue weighted by Crippen LogP contribution is 2.42. The number of carbonyl (C=O) groups excluding carboxylic acids is 1. The van der Waals surface area contributed by atoms with Crippen molar-refractivity contribution in [3.8, 4) is 0 Å². The van der Waals surface area contributed by atoms with Crippen LogP contribution >= 0.6 is 0 Å². The molecule has 0 radical (unpaired) electrons.